The van der Waals surface area contributed by atoms with E-state index in [0.29, 0.717) is 5.56 Å². The summed E-state index contributed by atoms with van der Waals surface area (Å²) in [7, 11) is 0. The van der Waals surface area contributed by atoms with E-state index in [0.717, 1.165) is 5.56 Å². The van der Waals surface area contributed by atoms with Crippen molar-refractivity contribution in [2.45, 2.75) is 12.8 Å². The van der Waals surface area contributed by atoms with Crippen LogP contribution in [-0.2, 0) is 12.8 Å². The molecule has 1 aromatic carbocycles. The molecule has 0 saturated heterocycles. The van der Waals surface area contributed by atoms with Crippen molar-refractivity contribution >= 4 is 0 Å². The lowest BCUT2D eigenvalue weighted by Crippen LogP contribution is -1.93. The Morgan fingerprint density at radius 3 is 2.31 bits per heavy atom. The van der Waals surface area contributed by atoms with Crippen LogP contribution >= 0.6 is 0 Å². The van der Waals surface area contributed by atoms with Crippen molar-refractivity contribution in [1.29, 1.82) is 10.5 Å². The fraction of sp³-hybridized carbons (Fsp3) is 0.200. The van der Waals surface area contributed by atoms with Crippen LogP contribution in [0.4, 0.5) is 4.39 Å². The Bertz CT molecular complexity index is 385. The summed E-state index contributed by atoms with van der Waals surface area (Å²) in [5, 5.41) is 16.9. The standard InChI is InChI=1S/C10H7FN2/c11-10-2-1-8(3-5-12)9(7-10)4-6-13/h1-2,7H,3-4H2. The molecule has 0 radical (unpaired) electrons. The van der Waals surface area contributed by atoms with Crippen LogP contribution in [0.15, 0.2) is 18.2 Å². The zero-order valence-electron chi connectivity index (χ0n) is 6.92. The molecule has 0 bridgehead atoms. The summed E-state index contributed by atoms with van der Waals surface area (Å²) in [4.78, 5) is 0. The van der Waals surface area contributed by atoms with Gasteiger partial charge in [0, 0.05) is 0 Å². The maximum atomic E-state index is 12.7. The first-order valence-corrected chi connectivity index (χ1v) is 3.79. The number of hydrogen-bond donors (Lipinski definition) is 0. The number of rotatable bonds is 2. The van der Waals surface area contributed by atoms with Gasteiger partial charge in [0.2, 0.25) is 0 Å². The van der Waals surface area contributed by atoms with Crippen LogP contribution in [0.5, 0.6) is 0 Å². The quantitative estimate of drug-likeness (QED) is 0.688. The average Bonchev–Trinajstić information content (AvgIpc) is 2.10. The first-order chi connectivity index (χ1) is 6.27. The van der Waals surface area contributed by atoms with Gasteiger partial charge in [0.15, 0.2) is 0 Å². The molecule has 0 aliphatic heterocycles. The highest BCUT2D eigenvalue weighted by Gasteiger charge is 2.02. The van der Waals surface area contributed by atoms with Crippen molar-refractivity contribution in [3.05, 3.63) is 35.1 Å². The average molecular weight is 174 g/mol. The highest BCUT2D eigenvalue weighted by atomic mass is 19.1. The van der Waals surface area contributed by atoms with Gasteiger partial charge >= 0.3 is 0 Å². The Hall–Kier alpha value is -1.87. The normalized spacial score (nSPS) is 8.85. The van der Waals surface area contributed by atoms with Crippen molar-refractivity contribution in [1.82, 2.24) is 0 Å². The molecule has 64 valence electrons. The second-order valence-corrected chi connectivity index (χ2v) is 2.58. The summed E-state index contributed by atoms with van der Waals surface area (Å²) in [6.07, 6.45) is 0.367. The molecule has 0 fully saturated rings. The Kier molecular flexibility index (Phi) is 3.00. The van der Waals surface area contributed by atoms with E-state index in [9.17, 15) is 4.39 Å². The van der Waals surface area contributed by atoms with Crippen molar-refractivity contribution in [2.24, 2.45) is 0 Å². The van der Waals surface area contributed by atoms with E-state index in [1.807, 2.05) is 12.1 Å². The summed E-state index contributed by atoms with van der Waals surface area (Å²) in [5.41, 5.74) is 1.33. The lowest BCUT2D eigenvalue weighted by Gasteiger charge is -2.01. The SMILES string of the molecule is N#CCc1ccc(F)cc1CC#N. The second-order valence-electron chi connectivity index (χ2n) is 2.58. The highest BCUT2D eigenvalue weighted by Crippen LogP contribution is 2.12. The van der Waals surface area contributed by atoms with Crippen molar-refractivity contribution < 1.29 is 4.39 Å². The maximum Gasteiger partial charge on any atom is 0.123 e. The van der Waals surface area contributed by atoms with Crippen molar-refractivity contribution in [3.8, 4) is 12.1 Å². The van der Waals surface area contributed by atoms with E-state index in [2.05, 4.69) is 0 Å². The first-order valence-electron chi connectivity index (χ1n) is 3.79. The topological polar surface area (TPSA) is 47.6 Å². The van der Waals surface area contributed by atoms with Gasteiger partial charge in [-0.15, -0.1) is 0 Å². The van der Waals surface area contributed by atoms with Gasteiger partial charge in [0.1, 0.15) is 5.82 Å². The zero-order valence-corrected chi connectivity index (χ0v) is 6.92. The molecular weight excluding hydrogens is 167 g/mol. The van der Waals surface area contributed by atoms with Gasteiger partial charge in [-0.1, -0.05) is 6.07 Å². The van der Waals surface area contributed by atoms with Gasteiger partial charge in [-0.05, 0) is 23.3 Å². The van der Waals surface area contributed by atoms with Gasteiger partial charge in [-0.25, -0.2) is 4.39 Å². The van der Waals surface area contributed by atoms with E-state index in [-0.39, 0.29) is 18.7 Å². The molecule has 0 amide bonds. The minimum absolute atomic E-state index is 0.148. The molecule has 0 aromatic heterocycles. The molecule has 13 heavy (non-hydrogen) atoms. The van der Waals surface area contributed by atoms with Gasteiger partial charge < -0.3 is 0 Å². The summed E-state index contributed by atoms with van der Waals surface area (Å²) < 4.78 is 12.7. The van der Waals surface area contributed by atoms with Crippen LogP contribution in [0, 0.1) is 28.5 Å². The van der Waals surface area contributed by atoms with Crippen LogP contribution in [0.1, 0.15) is 11.1 Å². The molecule has 0 N–H and O–H groups in total. The van der Waals surface area contributed by atoms with E-state index in [4.69, 9.17) is 10.5 Å². The first kappa shape index (κ1) is 9.22. The van der Waals surface area contributed by atoms with E-state index < -0.39 is 0 Å². The molecule has 0 aliphatic rings. The van der Waals surface area contributed by atoms with Crippen LogP contribution in [0.2, 0.25) is 0 Å². The number of nitriles is 2. The van der Waals surface area contributed by atoms with Crippen LogP contribution in [-0.4, -0.2) is 0 Å². The Balaban J connectivity index is 3.06. The summed E-state index contributed by atoms with van der Waals surface area (Å²) in [6, 6.07) is 8.05. The third kappa shape index (κ3) is 2.28. The van der Waals surface area contributed by atoms with E-state index >= 15 is 0 Å². The third-order valence-electron chi connectivity index (χ3n) is 1.71. The zero-order chi connectivity index (χ0) is 9.68. The Morgan fingerprint density at radius 1 is 1.08 bits per heavy atom. The predicted octanol–water partition coefficient (Wildman–Crippen LogP) is 1.96. The van der Waals surface area contributed by atoms with Crippen LogP contribution in [0.3, 0.4) is 0 Å². The summed E-state index contributed by atoms with van der Waals surface area (Å²) >= 11 is 0. The molecule has 1 rings (SSSR count). The minimum Gasteiger partial charge on any atom is -0.207 e. The third-order valence-corrected chi connectivity index (χ3v) is 1.71. The molecule has 0 saturated carbocycles. The summed E-state index contributed by atoms with van der Waals surface area (Å²) in [6.45, 7) is 0. The summed E-state index contributed by atoms with van der Waals surface area (Å²) in [5.74, 6) is -0.369. The lowest BCUT2D eigenvalue weighted by molar-refractivity contribution is 0.625. The van der Waals surface area contributed by atoms with Crippen LogP contribution in [0.25, 0.3) is 0 Å². The van der Waals surface area contributed by atoms with Crippen LogP contribution < -0.4 is 0 Å². The van der Waals surface area contributed by atoms with Crippen molar-refractivity contribution in [3.63, 3.8) is 0 Å². The second kappa shape index (κ2) is 4.23. The van der Waals surface area contributed by atoms with Crippen molar-refractivity contribution in [2.75, 3.05) is 0 Å². The molecule has 0 heterocycles. The van der Waals surface area contributed by atoms with E-state index in [1.54, 1.807) is 6.07 Å². The predicted molar refractivity (Wildman–Crippen MR) is 45.0 cm³/mol. The largest absolute Gasteiger partial charge is 0.207 e. The smallest absolute Gasteiger partial charge is 0.123 e. The number of halogens is 1. The molecule has 2 nitrogen and oxygen atoms in total. The molecule has 0 spiro atoms. The molecule has 3 heteroatoms. The van der Waals surface area contributed by atoms with E-state index in [1.165, 1.54) is 12.1 Å². The molecule has 0 aliphatic carbocycles. The molecule has 0 atom stereocenters. The van der Waals surface area contributed by atoms with Gasteiger partial charge in [0.25, 0.3) is 0 Å². The minimum atomic E-state index is -0.369. The fourth-order valence-corrected chi connectivity index (χ4v) is 1.10. The fourth-order valence-electron chi connectivity index (χ4n) is 1.10. The molecule has 0 unspecified atom stereocenters. The van der Waals surface area contributed by atoms with Gasteiger partial charge in [-0.2, -0.15) is 10.5 Å². The number of benzene rings is 1. The number of hydrogen-bond acceptors (Lipinski definition) is 2. The number of nitrogens with zero attached hydrogens (tertiary/aromatic N) is 2. The Labute approximate surface area is 75.8 Å². The maximum absolute atomic E-state index is 12.7. The molecular formula is C10H7FN2. The highest BCUT2D eigenvalue weighted by molar-refractivity contribution is 5.31. The molecule has 1 aromatic rings. The monoisotopic (exact) mass is 174 g/mol. The Morgan fingerprint density at radius 2 is 1.69 bits per heavy atom. The van der Waals surface area contributed by atoms with Gasteiger partial charge in [-0.3, -0.25) is 0 Å². The van der Waals surface area contributed by atoms with Gasteiger partial charge in [0.05, 0.1) is 25.0 Å². The lowest BCUT2D eigenvalue weighted by atomic mass is 10.0.